The van der Waals surface area contributed by atoms with Crippen LogP contribution in [0.25, 0.3) is 0 Å². The van der Waals surface area contributed by atoms with Crippen molar-refractivity contribution in [2.75, 3.05) is 0 Å². The van der Waals surface area contributed by atoms with Crippen molar-refractivity contribution in [3.63, 3.8) is 0 Å². The molecule has 0 aliphatic heterocycles. The third-order valence-corrected chi connectivity index (χ3v) is 4.57. The van der Waals surface area contributed by atoms with Gasteiger partial charge in [-0.05, 0) is 12.0 Å². The number of hydrogen-bond donors (Lipinski definition) is 0. The molecule has 0 saturated carbocycles. The van der Waals surface area contributed by atoms with Crippen LogP contribution in [0.15, 0.2) is 12.7 Å². The number of hydrogen-bond acceptors (Lipinski definition) is 0. The molecule has 0 radical (unpaired) electrons. The van der Waals surface area contributed by atoms with Crippen LogP contribution in [0.5, 0.6) is 0 Å². The molecule has 0 rings (SSSR count). The van der Waals surface area contributed by atoms with Crippen molar-refractivity contribution < 1.29 is 0 Å². The minimum atomic E-state index is -0.374. The highest BCUT2D eigenvalue weighted by atomic mass is 28.3. The standard InChI is InChI=1S/C8H18Si/c1-5-7-8(6-2)9(3)4/h5,8-9H,1,6-7H2,2-4H3. The van der Waals surface area contributed by atoms with Crippen molar-refractivity contribution in [3.8, 4) is 0 Å². The fourth-order valence-corrected chi connectivity index (χ4v) is 2.80. The van der Waals surface area contributed by atoms with E-state index in [1.54, 1.807) is 0 Å². The van der Waals surface area contributed by atoms with Gasteiger partial charge in [-0.1, -0.05) is 32.5 Å². The highest BCUT2D eigenvalue weighted by Crippen LogP contribution is 2.19. The number of allylic oxidation sites excluding steroid dienone is 1. The zero-order valence-electron chi connectivity index (χ0n) is 6.85. The Bertz CT molecular complexity index is 76.6. The third-order valence-electron chi connectivity index (χ3n) is 1.94. The predicted octanol–water partition coefficient (Wildman–Crippen LogP) is 2.83. The summed E-state index contributed by atoms with van der Waals surface area (Å²) in [7, 11) is -0.374. The van der Waals surface area contributed by atoms with Gasteiger partial charge < -0.3 is 0 Å². The van der Waals surface area contributed by atoms with E-state index in [1.807, 2.05) is 0 Å². The first kappa shape index (κ1) is 8.96. The summed E-state index contributed by atoms with van der Waals surface area (Å²) in [4.78, 5) is 0. The molecule has 1 heteroatoms. The van der Waals surface area contributed by atoms with Crippen LogP contribution >= 0.6 is 0 Å². The van der Waals surface area contributed by atoms with Gasteiger partial charge in [-0.25, -0.2) is 0 Å². The van der Waals surface area contributed by atoms with Crippen LogP contribution < -0.4 is 0 Å². The summed E-state index contributed by atoms with van der Waals surface area (Å²) in [5.74, 6) is 0. The van der Waals surface area contributed by atoms with Gasteiger partial charge in [-0.15, -0.1) is 6.58 Å². The van der Waals surface area contributed by atoms with E-state index in [4.69, 9.17) is 0 Å². The van der Waals surface area contributed by atoms with Crippen LogP contribution in [-0.2, 0) is 0 Å². The van der Waals surface area contributed by atoms with Gasteiger partial charge in [0.05, 0.1) is 0 Å². The zero-order valence-corrected chi connectivity index (χ0v) is 8.01. The quantitative estimate of drug-likeness (QED) is 0.418. The van der Waals surface area contributed by atoms with Crippen molar-refractivity contribution >= 4 is 8.80 Å². The molecular formula is C8H18Si. The fourth-order valence-electron chi connectivity index (χ4n) is 1.12. The molecule has 0 heterocycles. The Hall–Kier alpha value is -0.0431. The molecule has 0 aliphatic carbocycles. The Morgan fingerprint density at radius 2 is 2.11 bits per heavy atom. The zero-order chi connectivity index (χ0) is 7.28. The normalized spacial score (nSPS) is 13.8. The molecule has 0 saturated heterocycles. The van der Waals surface area contributed by atoms with Crippen molar-refractivity contribution in [2.45, 2.75) is 38.4 Å². The summed E-state index contributed by atoms with van der Waals surface area (Å²) < 4.78 is 0. The molecule has 54 valence electrons. The summed E-state index contributed by atoms with van der Waals surface area (Å²) in [5.41, 5.74) is 0.988. The average Bonchev–Trinajstić information content (AvgIpc) is 1.82. The SMILES string of the molecule is C=CCC(CC)[SiH](C)C. The lowest BCUT2D eigenvalue weighted by atomic mass is 10.2. The first-order valence-electron chi connectivity index (χ1n) is 3.83. The molecule has 0 bridgehead atoms. The number of rotatable bonds is 4. The Kier molecular flexibility index (Phi) is 4.78. The Morgan fingerprint density at radius 1 is 1.56 bits per heavy atom. The van der Waals surface area contributed by atoms with Gasteiger partial charge in [-0.3, -0.25) is 0 Å². The van der Waals surface area contributed by atoms with Gasteiger partial charge in [0.2, 0.25) is 0 Å². The van der Waals surface area contributed by atoms with E-state index in [1.165, 1.54) is 12.8 Å². The van der Waals surface area contributed by atoms with Crippen LogP contribution in [0.4, 0.5) is 0 Å². The van der Waals surface area contributed by atoms with Crippen LogP contribution in [0.1, 0.15) is 19.8 Å². The first-order chi connectivity index (χ1) is 4.22. The van der Waals surface area contributed by atoms with Crippen molar-refractivity contribution in [1.82, 2.24) is 0 Å². The Labute approximate surface area is 60.6 Å². The molecular weight excluding hydrogens is 124 g/mol. The maximum absolute atomic E-state index is 3.75. The molecule has 0 nitrogen and oxygen atoms in total. The minimum absolute atomic E-state index is 0.374. The molecule has 0 aliphatic rings. The topological polar surface area (TPSA) is 0 Å². The van der Waals surface area contributed by atoms with Gasteiger partial charge >= 0.3 is 0 Å². The van der Waals surface area contributed by atoms with Crippen molar-refractivity contribution in [1.29, 1.82) is 0 Å². The fraction of sp³-hybridized carbons (Fsp3) is 0.750. The molecule has 0 aromatic heterocycles. The van der Waals surface area contributed by atoms with Gasteiger partial charge in [0, 0.05) is 8.80 Å². The molecule has 0 N–H and O–H groups in total. The molecule has 0 spiro atoms. The molecule has 0 amide bonds. The molecule has 9 heavy (non-hydrogen) atoms. The highest BCUT2D eigenvalue weighted by molar-refractivity contribution is 6.57. The van der Waals surface area contributed by atoms with E-state index in [2.05, 4.69) is 32.7 Å². The van der Waals surface area contributed by atoms with E-state index in [9.17, 15) is 0 Å². The largest absolute Gasteiger partial charge is 0.103 e. The smallest absolute Gasteiger partial charge is 0.0340 e. The molecule has 0 aromatic carbocycles. The Morgan fingerprint density at radius 3 is 2.22 bits per heavy atom. The lowest BCUT2D eigenvalue weighted by molar-refractivity contribution is 0.792. The molecule has 1 atom stereocenters. The summed E-state index contributed by atoms with van der Waals surface area (Å²) in [6.07, 6.45) is 4.64. The Balaban J connectivity index is 3.53. The van der Waals surface area contributed by atoms with E-state index in [0.717, 1.165) is 5.54 Å². The van der Waals surface area contributed by atoms with Crippen LogP contribution in [0.2, 0.25) is 18.6 Å². The van der Waals surface area contributed by atoms with Crippen LogP contribution in [0, 0.1) is 0 Å². The van der Waals surface area contributed by atoms with Gasteiger partial charge in [0.1, 0.15) is 0 Å². The summed E-state index contributed by atoms with van der Waals surface area (Å²) in [6.45, 7) is 10.9. The third kappa shape index (κ3) is 3.52. The maximum atomic E-state index is 3.75. The lowest BCUT2D eigenvalue weighted by Gasteiger charge is -2.14. The van der Waals surface area contributed by atoms with Crippen LogP contribution in [-0.4, -0.2) is 8.80 Å². The van der Waals surface area contributed by atoms with Gasteiger partial charge in [0.25, 0.3) is 0 Å². The van der Waals surface area contributed by atoms with Crippen molar-refractivity contribution in [2.24, 2.45) is 0 Å². The molecule has 1 unspecified atom stereocenters. The molecule has 0 fully saturated rings. The second-order valence-corrected chi connectivity index (χ2v) is 6.37. The van der Waals surface area contributed by atoms with Crippen molar-refractivity contribution in [3.05, 3.63) is 12.7 Å². The van der Waals surface area contributed by atoms with E-state index in [0.29, 0.717) is 0 Å². The van der Waals surface area contributed by atoms with E-state index >= 15 is 0 Å². The van der Waals surface area contributed by atoms with Gasteiger partial charge in [-0.2, -0.15) is 0 Å². The second-order valence-electron chi connectivity index (χ2n) is 2.94. The minimum Gasteiger partial charge on any atom is -0.103 e. The lowest BCUT2D eigenvalue weighted by Crippen LogP contribution is -2.09. The van der Waals surface area contributed by atoms with E-state index in [-0.39, 0.29) is 8.80 Å². The highest BCUT2D eigenvalue weighted by Gasteiger charge is 2.08. The summed E-state index contributed by atoms with van der Waals surface area (Å²) >= 11 is 0. The average molecular weight is 142 g/mol. The van der Waals surface area contributed by atoms with Gasteiger partial charge in [0.15, 0.2) is 0 Å². The summed E-state index contributed by atoms with van der Waals surface area (Å²) in [5, 5.41) is 0. The molecule has 0 aromatic rings. The summed E-state index contributed by atoms with van der Waals surface area (Å²) in [6, 6.07) is 0. The van der Waals surface area contributed by atoms with Crippen LogP contribution in [0.3, 0.4) is 0 Å². The second kappa shape index (κ2) is 4.80. The monoisotopic (exact) mass is 142 g/mol. The maximum Gasteiger partial charge on any atom is 0.0340 e. The first-order valence-corrected chi connectivity index (χ1v) is 6.80. The van der Waals surface area contributed by atoms with E-state index < -0.39 is 0 Å². The predicted molar refractivity (Wildman–Crippen MR) is 47.7 cm³/mol.